The first kappa shape index (κ1) is 108. The van der Waals surface area contributed by atoms with Crippen LogP contribution in [0.1, 0.15) is 317 Å². The van der Waals surface area contributed by atoms with E-state index in [-0.39, 0.29) is 144 Å². The number of phenols is 6. The maximum absolute atomic E-state index is 12.8. The zero-order chi connectivity index (χ0) is 103. The molecule has 0 aliphatic heterocycles. The molecule has 0 radical (unpaired) electrons. The molecule has 748 valence electrons. The summed E-state index contributed by atoms with van der Waals surface area (Å²) in [7, 11) is 0. The Morgan fingerprint density at radius 3 is 0.601 bits per heavy atom. The van der Waals surface area contributed by atoms with Crippen LogP contribution in [-0.4, -0.2) is 66.4 Å². The predicted octanol–water partition coefficient (Wildman–Crippen LogP) is 25.3. The molecule has 0 fully saturated rings. The van der Waals surface area contributed by atoms with E-state index in [1.54, 1.807) is 127 Å². The summed E-state index contributed by atoms with van der Waals surface area (Å²) in [6.07, 6.45) is 6.70. The van der Waals surface area contributed by atoms with Crippen molar-refractivity contribution in [3.8, 4) is 63.2 Å². The minimum absolute atomic E-state index is 0.00823. The first-order chi connectivity index (χ1) is 68.9. The van der Waals surface area contributed by atoms with Crippen LogP contribution in [0.3, 0.4) is 0 Å². The summed E-state index contributed by atoms with van der Waals surface area (Å²) >= 11 is 0. The molecule has 0 saturated heterocycles. The second-order valence-corrected chi connectivity index (χ2v) is 35.7. The Kier molecular flexibility index (Phi) is 39.5. The Morgan fingerprint density at radius 2 is 0.385 bits per heavy atom. The Bertz CT molecular complexity index is 6820. The van der Waals surface area contributed by atoms with Gasteiger partial charge in [0.2, 0.25) is 0 Å². The van der Waals surface area contributed by atoms with Gasteiger partial charge in [0.05, 0.1) is 40.0 Å². The minimum atomic E-state index is -0.940. The fourth-order valence-electron chi connectivity index (χ4n) is 18.7. The molecule has 13 N–H and O–H groups in total. The van der Waals surface area contributed by atoms with Gasteiger partial charge in [-0.1, -0.05) is 263 Å². The van der Waals surface area contributed by atoms with E-state index in [2.05, 4.69) is 0 Å². The van der Waals surface area contributed by atoms with E-state index in [0.717, 1.165) is 75.8 Å². The fourth-order valence-corrected chi connectivity index (χ4v) is 18.7. The first-order valence-corrected chi connectivity index (χ1v) is 49.0. The van der Waals surface area contributed by atoms with Gasteiger partial charge in [0, 0.05) is 89.5 Å². The lowest BCUT2D eigenvalue weighted by atomic mass is 9.87. The molecule has 0 aliphatic carbocycles. The van der Waals surface area contributed by atoms with Crippen LogP contribution in [0, 0.1) is 0 Å². The van der Waals surface area contributed by atoms with E-state index < -0.39 is 52.2 Å². The smallest absolute Gasteiger partial charge is 0.343 e. The molecule has 10 aromatic carbocycles. The molecule has 0 aliphatic rings. The Balaban J connectivity index is 0.000000171. The van der Waals surface area contributed by atoms with Gasteiger partial charge in [-0.15, -0.1) is 0 Å². The topological polar surface area (TPSA) is 414 Å². The molecule has 15 rings (SSSR count). The number of aliphatic hydroxyl groups excluding tert-OH is 2. The van der Waals surface area contributed by atoms with E-state index in [1.807, 2.05) is 215 Å². The molecule has 0 amide bonds. The van der Waals surface area contributed by atoms with E-state index >= 15 is 0 Å². The minimum Gasteiger partial charge on any atom is -0.508 e. The number of phenolic OH excluding ortho intramolecular Hbond substituents is 6. The van der Waals surface area contributed by atoms with Gasteiger partial charge in [0.1, 0.15) is 92.0 Å². The summed E-state index contributed by atoms with van der Waals surface area (Å²) < 4.78 is 28.2. The summed E-state index contributed by atoms with van der Waals surface area (Å²) in [6.45, 7) is 19.6. The highest BCUT2D eigenvalue weighted by atomic mass is 16.4. The summed E-state index contributed by atoms with van der Waals surface area (Å²) in [5, 5.41) is 132. The monoisotopic (exact) mass is 1940 g/mol. The molecule has 15 aromatic rings. The third-order valence-electron chi connectivity index (χ3n) is 26.6. The zero-order valence-corrected chi connectivity index (χ0v) is 82.3. The molecule has 5 aromatic heterocycles. The van der Waals surface area contributed by atoms with E-state index in [0.29, 0.717) is 86.2 Å². The molecule has 12 unspecified atom stereocenters. The summed E-state index contributed by atoms with van der Waals surface area (Å²) in [5.41, 5.74) is 7.45. The average molecular weight is 1940 g/mol. The second kappa shape index (κ2) is 52.3. The number of aromatic hydroxyl groups is 11. The Labute approximate surface area is 832 Å². The van der Waals surface area contributed by atoms with Gasteiger partial charge in [0.15, 0.2) is 0 Å². The van der Waals surface area contributed by atoms with E-state index in [4.69, 9.17) is 22.1 Å². The highest BCUT2D eigenvalue weighted by Crippen LogP contribution is 2.44. The van der Waals surface area contributed by atoms with Crippen LogP contribution < -0.4 is 28.1 Å². The van der Waals surface area contributed by atoms with Gasteiger partial charge in [-0.2, -0.15) is 0 Å². The van der Waals surface area contributed by atoms with Gasteiger partial charge < -0.3 is 88.5 Å². The molecule has 0 bridgehead atoms. The van der Waals surface area contributed by atoms with Crippen LogP contribution in [0.15, 0.2) is 343 Å². The number of aliphatic hydroxyl groups is 2. The van der Waals surface area contributed by atoms with Crippen LogP contribution in [-0.2, 0) is 19.3 Å². The van der Waals surface area contributed by atoms with Crippen LogP contribution >= 0.6 is 0 Å². The highest BCUT2D eigenvalue weighted by molar-refractivity contribution is 5.48. The van der Waals surface area contributed by atoms with Crippen molar-refractivity contribution in [3.05, 3.63) is 462 Å². The van der Waals surface area contributed by atoms with Gasteiger partial charge in [-0.25, -0.2) is 24.0 Å². The van der Waals surface area contributed by atoms with Crippen LogP contribution in [0.2, 0.25) is 0 Å². The van der Waals surface area contributed by atoms with Gasteiger partial charge in [0.25, 0.3) is 0 Å². The average Bonchev–Trinajstić information content (AvgIpc) is 0.801. The Hall–Kier alpha value is -15.3. The van der Waals surface area contributed by atoms with Gasteiger partial charge >= 0.3 is 28.1 Å². The molecule has 12 atom stereocenters. The molecular formula is C120H130O23. The van der Waals surface area contributed by atoms with Crippen LogP contribution in [0.5, 0.6) is 63.2 Å². The largest absolute Gasteiger partial charge is 0.508 e. The van der Waals surface area contributed by atoms with Crippen molar-refractivity contribution in [2.24, 2.45) is 0 Å². The molecule has 23 nitrogen and oxygen atoms in total. The number of rotatable bonds is 35. The molecule has 23 heteroatoms. The summed E-state index contributed by atoms with van der Waals surface area (Å²) in [4.78, 5) is 64.0. The molecule has 0 spiro atoms. The zero-order valence-electron chi connectivity index (χ0n) is 82.3. The predicted molar refractivity (Wildman–Crippen MR) is 554 cm³/mol. The maximum atomic E-state index is 12.8. The van der Waals surface area contributed by atoms with Gasteiger partial charge in [-0.3, -0.25) is 0 Å². The lowest BCUT2D eigenvalue weighted by Gasteiger charge is -2.22. The number of benzene rings is 10. The van der Waals surface area contributed by atoms with Crippen LogP contribution in [0.25, 0.3) is 0 Å². The third-order valence-corrected chi connectivity index (χ3v) is 26.6. The Morgan fingerprint density at radius 1 is 0.203 bits per heavy atom. The van der Waals surface area contributed by atoms with Crippen molar-refractivity contribution in [2.75, 3.05) is 0 Å². The summed E-state index contributed by atoms with van der Waals surface area (Å²) in [5.74, 6) is 0.0478. The van der Waals surface area contributed by atoms with Crippen molar-refractivity contribution in [1.82, 2.24) is 0 Å². The van der Waals surface area contributed by atoms with Crippen molar-refractivity contribution in [3.63, 3.8) is 0 Å². The molecule has 5 heterocycles. The van der Waals surface area contributed by atoms with Crippen molar-refractivity contribution in [1.29, 1.82) is 0 Å². The molecule has 143 heavy (non-hydrogen) atoms. The normalized spacial score (nSPS) is 13.7. The second-order valence-electron chi connectivity index (χ2n) is 35.7. The number of hydrogen-bond donors (Lipinski definition) is 13. The standard InChI is InChI=1S/3C24H26O5.2C24H26O4/c1-3-16(13-15-5-9-18(25)10-6-15)22-14-21(27)23(24(28)29-22)20(4-2)17-7-11-19(26)12-8-17;1-3-18(15-10-12-17(25)13-11-15)22-20(26)14-21(29-24(22)28)19(4-2)23(27)16-8-6-5-7-9-16;1-3-18(15-8-6-5-7-9-15)22-20(26)14-21(29-24(22)28)19(4-2)23(27)16-10-12-17(25)13-11-16;1-3-17(14-16-10-12-19(25)13-11-16)22-15-21(26)23(24(27)28-22)20(4-2)18-8-6-5-7-9-18;1-3-17(14-16-8-6-5-7-9-16)22-15-21(26)23(24(27)28-22)20(4-2)18-10-12-19(25)13-11-18/h5-12,14,16,20,25-27H,3-4,13H2,1-2H3;2*5-14,18-19,23,25-27H,3-4H2,1-2H3;2*5-13,15,17,20,25-26H,3-4,14H2,1-2H3. The number of hydrogen-bond acceptors (Lipinski definition) is 23. The molecular weight excluding hydrogens is 1810 g/mol. The lowest BCUT2D eigenvalue weighted by Crippen LogP contribution is -2.17. The van der Waals surface area contributed by atoms with Crippen molar-refractivity contribution in [2.45, 2.75) is 224 Å². The maximum Gasteiger partial charge on any atom is 0.343 e. The SMILES string of the molecule is CCC(Cc1ccc(O)cc1)c1cc(O)c(C(CC)c2ccc(O)cc2)c(=O)o1.CCC(Cc1ccc(O)cc1)c1cc(O)c(C(CC)c2ccccc2)c(=O)o1.CCC(Cc1ccccc1)c1cc(O)c(C(CC)c2ccc(O)cc2)c(=O)o1.CCC(c1ccc(O)cc1)c1c(O)cc(C(CC)C(O)c2ccccc2)oc1=O.CCC(c1ccccc1)c1c(O)cc(C(CC)C(O)c2ccc(O)cc2)oc1=O. The van der Waals surface area contributed by atoms with E-state index in [9.17, 15) is 90.4 Å². The lowest BCUT2D eigenvalue weighted by molar-refractivity contribution is 0.129. The highest BCUT2D eigenvalue weighted by Gasteiger charge is 2.34. The van der Waals surface area contributed by atoms with E-state index in [1.165, 1.54) is 24.3 Å². The van der Waals surface area contributed by atoms with Gasteiger partial charge in [-0.05, 0) is 212 Å². The quantitative estimate of drug-likeness (QED) is 0.0175. The first-order valence-electron chi connectivity index (χ1n) is 49.0. The van der Waals surface area contributed by atoms with Crippen LogP contribution in [0.4, 0.5) is 0 Å². The van der Waals surface area contributed by atoms with Crippen molar-refractivity contribution < 1.29 is 88.5 Å². The van der Waals surface area contributed by atoms with Crippen molar-refractivity contribution >= 4 is 0 Å². The summed E-state index contributed by atoms with van der Waals surface area (Å²) in [6, 6.07) is 86.1. The molecule has 0 saturated carbocycles. The fraction of sp³-hybridized carbons (Fsp3) is 0.292. The third kappa shape index (κ3) is 28.1.